The molecule has 0 atom stereocenters. The Labute approximate surface area is 180 Å². The molecule has 0 aliphatic heterocycles. The predicted molar refractivity (Wildman–Crippen MR) is 119 cm³/mol. The Morgan fingerprint density at radius 1 is 0.897 bits per heavy atom. The number of para-hydroxylation sites is 1. The van der Waals surface area contributed by atoms with Crippen molar-refractivity contribution in [2.24, 2.45) is 0 Å². The van der Waals surface area contributed by atoms with E-state index < -0.39 is 0 Å². The summed E-state index contributed by atoms with van der Waals surface area (Å²) in [6.07, 6.45) is 0. The molecule has 2 aromatic rings. The second kappa shape index (κ2) is 9.67. The van der Waals surface area contributed by atoms with E-state index in [4.69, 9.17) is 0 Å². The topological polar surface area (TPSA) is 88.9 Å². The van der Waals surface area contributed by atoms with Gasteiger partial charge in [0.25, 0.3) is 0 Å². The van der Waals surface area contributed by atoms with E-state index in [1.807, 2.05) is 71.9 Å². The van der Waals surface area contributed by atoms with Gasteiger partial charge >= 0.3 is 0 Å². The lowest BCUT2D eigenvalue weighted by Gasteiger charge is -2.20. The third-order valence-electron chi connectivity index (χ3n) is 3.25. The molecule has 0 spiro atoms. The van der Waals surface area contributed by atoms with Gasteiger partial charge in [-0.2, -0.15) is 4.98 Å². The molecular weight excluding hydrogens is 406 g/mol. The monoisotopic (exact) mass is 435 g/mol. The normalized spacial score (nSPS) is 11.9. The van der Waals surface area contributed by atoms with Gasteiger partial charge in [-0.3, -0.25) is 9.59 Å². The Kier molecular flexibility index (Phi) is 7.76. The fraction of sp³-hybridized carbons (Fsp3) is 0.500. The molecule has 0 aliphatic carbocycles. The Hall–Kier alpha value is -2.00. The summed E-state index contributed by atoms with van der Waals surface area (Å²) in [7, 11) is 0. The standard InChI is InChI=1S/C20H29N5O2S2/c1-19(2,3)22-15(26)12-28-17-21-18(29-13-16(27)23-20(4,5)6)25(24-17)14-10-8-7-9-11-14/h7-11H,12-13H2,1-6H3,(H,22,26)(H,23,27). The number of thioether (sulfide) groups is 2. The minimum atomic E-state index is -0.286. The Morgan fingerprint density at radius 3 is 1.93 bits per heavy atom. The van der Waals surface area contributed by atoms with E-state index in [1.54, 1.807) is 4.68 Å². The Bertz CT molecular complexity index is 839. The SMILES string of the molecule is CC(C)(C)NC(=O)CSc1nc(SCC(=O)NC(C)(C)C)n(-c2ccccc2)n1. The molecule has 1 aromatic heterocycles. The third-order valence-corrected chi connectivity index (χ3v) is 5.02. The van der Waals surface area contributed by atoms with Gasteiger partial charge in [0.15, 0.2) is 5.16 Å². The average Bonchev–Trinajstić information content (AvgIpc) is 2.99. The van der Waals surface area contributed by atoms with Crippen molar-refractivity contribution in [3.05, 3.63) is 30.3 Å². The highest BCUT2D eigenvalue weighted by Gasteiger charge is 2.19. The summed E-state index contributed by atoms with van der Waals surface area (Å²) >= 11 is 2.59. The number of hydrogen-bond donors (Lipinski definition) is 2. The molecule has 2 rings (SSSR count). The van der Waals surface area contributed by atoms with Crippen molar-refractivity contribution in [3.63, 3.8) is 0 Å². The lowest BCUT2D eigenvalue weighted by atomic mass is 10.1. The summed E-state index contributed by atoms with van der Waals surface area (Å²) in [5.41, 5.74) is 0.284. The predicted octanol–water partition coefficient (Wildman–Crippen LogP) is 3.28. The zero-order valence-electron chi connectivity index (χ0n) is 17.8. The minimum absolute atomic E-state index is 0.0659. The van der Waals surface area contributed by atoms with Gasteiger partial charge in [0.05, 0.1) is 17.2 Å². The molecule has 0 radical (unpaired) electrons. The van der Waals surface area contributed by atoms with Gasteiger partial charge in [0, 0.05) is 11.1 Å². The zero-order chi connectivity index (χ0) is 21.7. The number of nitrogens with one attached hydrogen (secondary N) is 2. The summed E-state index contributed by atoms with van der Waals surface area (Å²) in [5, 5.41) is 11.5. The summed E-state index contributed by atoms with van der Waals surface area (Å²) < 4.78 is 1.71. The number of benzene rings is 1. The van der Waals surface area contributed by atoms with Crippen molar-refractivity contribution in [2.75, 3.05) is 11.5 Å². The van der Waals surface area contributed by atoms with Crippen LogP contribution in [0.15, 0.2) is 40.6 Å². The van der Waals surface area contributed by atoms with Gasteiger partial charge in [0.2, 0.25) is 17.0 Å². The van der Waals surface area contributed by atoms with Crippen LogP contribution in [0, 0.1) is 0 Å². The van der Waals surface area contributed by atoms with Gasteiger partial charge in [-0.25, -0.2) is 4.68 Å². The van der Waals surface area contributed by atoms with Crippen molar-refractivity contribution in [1.82, 2.24) is 25.4 Å². The molecule has 1 heterocycles. The molecular formula is C20H29N5O2S2. The maximum absolute atomic E-state index is 12.2. The molecule has 2 amide bonds. The maximum Gasteiger partial charge on any atom is 0.230 e. The fourth-order valence-corrected chi connectivity index (χ4v) is 3.77. The van der Waals surface area contributed by atoms with Crippen LogP contribution in [0.1, 0.15) is 41.5 Å². The van der Waals surface area contributed by atoms with E-state index in [0.29, 0.717) is 10.3 Å². The third kappa shape index (κ3) is 8.49. The largest absolute Gasteiger partial charge is 0.351 e. The number of carbonyl (C=O) groups is 2. The van der Waals surface area contributed by atoms with Gasteiger partial charge in [-0.1, -0.05) is 41.7 Å². The first-order valence-electron chi connectivity index (χ1n) is 9.33. The first kappa shape index (κ1) is 23.3. The van der Waals surface area contributed by atoms with E-state index in [-0.39, 0.29) is 34.4 Å². The molecule has 0 fully saturated rings. The molecule has 9 heteroatoms. The average molecular weight is 436 g/mol. The fourth-order valence-electron chi connectivity index (χ4n) is 2.34. The highest BCUT2D eigenvalue weighted by Crippen LogP contribution is 2.24. The first-order valence-corrected chi connectivity index (χ1v) is 11.3. The number of carbonyl (C=O) groups excluding carboxylic acids is 2. The van der Waals surface area contributed by atoms with Crippen LogP contribution in [0.3, 0.4) is 0 Å². The van der Waals surface area contributed by atoms with Crippen LogP contribution in [0.4, 0.5) is 0 Å². The molecule has 2 N–H and O–H groups in total. The van der Waals surface area contributed by atoms with Gasteiger partial charge in [-0.05, 0) is 53.7 Å². The molecule has 29 heavy (non-hydrogen) atoms. The zero-order valence-corrected chi connectivity index (χ0v) is 19.4. The molecule has 0 unspecified atom stereocenters. The van der Waals surface area contributed by atoms with Crippen LogP contribution >= 0.6 is 23.5 Å². The molecule has 1 aromatic carbocycles. The first-order chi connectivity index (χ1) is 13.4. The molecule has 0 saturated carbocycles. The van der Waals surface area contributed by atoms with Crippen molar-refractivity contribution in [2.45, 2.75) is 62.9 Å². The smallest absolute Gasteiger partial charge is 0.230 e. The summed E-state index contributed by atoms with van der Waals surface area (Å²) in [6, 6.07) is 9.61. The van der Waals surface area contributed by atoms with Crippen LogP contribution in [0.2, 0.25) is 0 Å². The second-order valence-electron chi connectivity index (χ2n) is 8.60. The Balaban J connectivity index is 2.12. The van der Waals surface area contributed by atoms with Crippen molar-refractivity contribution < 1.29 is 9.59 Å². The maximum atomic E-state index is 12.2. The number of amides is 2. The van der Waals surface area contributed by atoms with Crippen LogP contribution in [-0.4, -0.2) is 49.2 Å². The Morgan fingerprint density at radius 2 is 1.41 bits per heavy atom. The van der Waals surface area contributed by atoms with Crippen LogP contribution in [0.5, 0.6) is 0 Å². The van der Waals surface area contributed by atoms with Crippen LogP contribution in [-0.2, 0) is 9.59 Å². The molecule has 7 nitrogen and oxygen atoms in total. The van der Waals surface area contributed by atoms with Crippen molar-refractivity contribution >= 4 is 35.3 Å². The highest BCUT2D eigenvalue weighted by molar-refractivity contribution is 8.00. The lowest BCUT2D eigenvalue weighted by molar-refractivity contribution is -0.120. The van der Waals surface area contributed by atoms with Crippen molar-refractivity contribution in [1.29, 1.82) is 0 Å². The van der Waals surface area contributed by atoms with E-state index in [1.165, 1.54) is 23.5 Å². The van der Waals surface area contributed by atoms with E-state index >= 15 is 0 Å². The highest BCUT2D eigenvalue weighted by atomic mass is 32.2. The second-order valence-corrected chi connectivity index (χ2v) is 10.5. The van der Waals surface area contributed by atoms with Crippen LogP contribution < -0.4 is 10.6 Å². The van der Waals surface area contributed by atoms with E-state index in [2.05, 4.69) is 20.7 Å². The number of rotatable bonds is 7. The van der Waals surface area contributed by atoms with Crippen LogP contribution in [0.25, 0.3) is 5.69 Å². The molecule has 0 saturated heterocycles. The lowest BCUT2D eigenvalue weighted by Crippen LogP contribution is -2.41. The van der Waals surface area contributed by atoms with E-state index in [9.17, 15) is 9.59 Å². The number of nitrogens with zero attached hydrogens (tertiary/aromatic N) is 3. The molecule has 0 aliphatic rings. The quantitative estimate of drug-likeness (QED) is 0.649. The van der Waals surface area contributed by atoms with Gasteiger partial charge in [-0.15, -0.1) is 5.10 Å². The number of hydrogen-bond acceptors (Lipinski definition) is 6. The summed E-state index contributed by atoms with van der Waals surface area (Å²) in [4.78, 5) is 28.8. The van der Waals surface area contributed by atoms with Crippen molar-refractivity contribution in [3.8, 4) is 5.69 Å². The summed E-state index contributed by atoms with van der Waals surface area (Å²) in [5.74, 6) is 0.323. The minimum Gasteiger partial charge on any atom is -0.351 e. The van der Waals surface area contributed by atoms with Gasteiger partial charge in [0.1, 0.15) is 0 Å². The summed E-state index contributed by atoms with van der Waals surface area (Å²) in [6.45, 7) is 11.7. The number of aromatic nitrogens is 3. The van der Waals surface area contributed by atoms with E-state index in [0.717, 1.165) is 5.69 Å². The molecule has 0 bridgehead atoms. The molecule has 158 valence electrons. The van der Waals surface area contributed by atoms with Gasteiger partial charge < -0.3 is 10.6 Å².